The minimum atomic E-state index is -0.113. The van der Waals surface area contributed by atoms with Gasteiger partial charge in [-0.3, -0.25) is 9.69 Å². The van der Waals surface area contributed by atoms with Crippen molar-refractivity contribution in [2.24, 2.45) is 0 Å². The van der Waals surface area contributed by atoms with Gasteiger partial charge >= 0.3 is 6.03 Å². The van der Waals surface area contributed by atoms with Gasteiger partial charge in [0.05, 0.1) is 17.2 Å². The van der Waals surface area contributed by atoms with E-state index in [4.69, 9.17) is 4.74 Å². The van der Waals surface area contributed by atoms with Gasteiger partial charge in [-0.2, -0.15) is 0 Å². The molecular formula is C20H26N4O3S. The van der Waals surface area contributed by atoms with Crippen LogP contribution in [0.3, 0.4) is 0 Å². The zero-order valence-electron chi connectivity index (χ0n) is 16.0. The van der Waals surface area contributed by atoms with Crippen LogP contribution < -0.4 is 15.4 Å². The highest BCUT2D eigenvalue weighted by molar-refractivity contribution is 7.12. The number of benzene rings is 1. The molecule has 1 aliphatic rings. The summed E-state index contributed by atoms with van der Waals surface area (Å²) in [5, 5.41) is 7.78. The summed E-state index contributed by atoms with van der Waals surface area (Å²) in [5.74, 6) is 0.652. The number of piperazine rings is 1. The lowest BCUT2D eigenvalue weighted by molar-refractivity contribution is 0.0946. The fourth-order valence-corrected chi connectivity index (χ4v) is 3.68. The van der Waals surface area contributed by atoms with Crippen LogP contribution >= 0.6 is 11.3 Å². The Morgan fingerprint density at radius 1 is 1.11 bits per heavy atom. The van der Waals surface area contributed by atoms with E-state index in [1.165, 1.54) is 11.3 Å². The summed E-state index contributed by atoms with van der Waals surface area (Å²) in [6.07, 6.45) is 0. The topological polar surface area (TPSA) is 73.9 Å². The first-order valence-electron chi connectivity index (χ1n) is 9.49. The maximum atomic E-state index is 12.6. The second-order valence-corrected chi connectivity index (χ2v) is 7.37. The number of rotatable bonds is 7. The summed E-state index contributed by atoms with van der Waals surface area (Å²) in [6, 6.07) is 11.0. The minimum Gasteiger partial charge on any atom is -0.492 e. The third-order valence-electron chi connectivity index (χ3n) is 4.55. The quantitative estimate of drug-likeness (QED) is 0.747. The number of anilines is 1. The number of thiophene rings is 1. The van der Waals surface area contributed by atoms with Crippen LogP contribution in [-0.2, 0) is 0 Å². The lowest BCUT2D eigenvalue weighted by Gasteiger charge is -2.34. The van der Waals surface area contributed by atoms with E-state index in [2.05, 4.69) is 15.5 Å². The standard InChI is InChI=1S/C20H26N4O3S/c1-2-27-17-7-4-3-6-16(17)22-20(26)24-13-11-23(12-14-24)10-9-21-19(25)18-8-5-15-28-18/h3-8,15H,2,9-14H2,1H3,(H,21,25)(H,22,26). The van der Waals surface area contributed by atoms with Crippen molar-refractivity contribution < 1.29 is 14.3 Å². The largest absolute Gasteiger partial charge is 0.492 e. The molecule has 2 N–H and O–H groups in total. The van der Waals surface area contributed by atoms with Gasteiger partial charge in [-0.05, 0) is 30.5 Å². The van der Waals surface area contributed by atoms with Crippen molar-refractivity contribution in [3.8, 4) is 5.75 Å². The van der Waals surface area contributed by atoms with Crippen molar-refractivity contribution in [3.05, 3.63) is 46.7 Å². The Morgan fingerprint density at radius 2 is 1.89 bits per heavy atom. The van der Waals surface area contributed by atoms with Crippen LogP contribution in [0.15, 0.2) is 41.8 Å². The smallest absolute Gasteiger partial charge is 0.322 e. The maximum absolute atomic E-state index is 12.6. The molecule has 1 aromatic heterocycles. The van der Waals surface area contributed by atoms with Gasteiger partial charge in [0, 0.05) is 39.3 Å². The van der Waals surface area contributed by atoms with Crippen molar-refractivity contribution in [1.29, 1.82) is 0 Å². The molecule has 2 aromatic rings. The fraction of sp³-hybridized carbons (Fsp3) is 0.400. The summed E-state index contributed by atoms with van der Waals surface area (Å²) >= 11 is 1.44. The Kier molecular flexibility index (Phi) is 7.27. The molecule has 0 bridgehead atoms. The fourth-order valence-electron chi connectivity index (χ4n) is 3.04. The van der Waals surface area contributed by atoms with Crippen molar-refractivity contribution in [2.45, 2.75) is 6.92 Å². The average molecular weight is 403 g/mol. The molecule has 1 aromatic carbocycles. The van der Waals surface area contributed by atoms with Crippen LogP contribution in [0.4, 0.5) is 10.5 Å². The molecule has 1 saturated heterocycles. The molecule has 7 nitrogen and oxygen atoms in total. The Morgan fingerprint density at radius 3 is 2.61 bits per heavy atom. The van der Waals surface area contributed by atoms with Crippen molar-refractivity contribution in [1.82, 2.24) is 15.1 Å². The molecule has 0 saturated carbocycles. The maximum Gasteiger partial charge on any atom is 0.322 e. The molecule has 0 radical (unpaired) electrons. The van der Waals surface area contributed by atoms with Crippen molar-refractivity contribution in [3.63, 3.8) is 0 Å². The van der Waals surface area contributed by atoms with Crippen LogP contribution in [0.1, 0.15) is 16.6 Å². The number of amides is 3. The van der Waals surface area contributed by atoms with Gasteiger partial charge in [-0.1, -0.05) is 18.2 Å². The molecule has 150 valence electrons. The number of urea groups is 1. The number of ether oxygens (including phenoxy) is 1. The zero-order valence-corrected chi connectivity index (χ0v) is 16.8. The summed E-state index contributed by atoms with van der Waals surface area (Å²) in [7, 11) is 0. The van der Waals surface area contributed by atoms with Crippen LogP contribution in [0.5, 0.6) is 5.75 Å². The van der Waals surface area contributed by atoms with Gasteiger partial charge < -0.3 is 20.3 Å². The van der Waals surface area contributed by atoms with Gasteiger partial charge in [-0.15, -0.1) is 11.3 Å². The average Bonchev–Trinajstić information content (AvgIpc) is 3.25. The second-order valence-electron chi connectivity index (χ2n) is 6.42. The number of carbonyl (C=O) groups excluding carboxylic acids is 2. The molecule has 8 heteroatoms. The molecular weight excluding hydrogens is 376 g/mol. The van der Waals surface area contributed by atoms with Crippen molar-refractivity contribution in [2.75, 3.05) is 51.2 Å². The van der Waals surface area contributed by atoms with E-state index in [1.54, 1.807) is 0 Å². The number of carbonyl (C=O) groups is 2. The number of hydrogen-bond donors (Lipinski definition) is 2. The lowest BCUT2D eigenvalue weighted by Crippen LogP contribution is -2.51. The van der Waals surface area contributed by atoms with E-state index >= 15 is 0 Å². The monoisotopic (exact) mass is 402 g/mol. The van der Waals surface area contributed by atoms with E-state index < -0.39 is 0 Å². The highest BCUT2D eigenvalue weighted by Crippen LogP contribution is 2.24. The van der Waals surface area contributed by atoms with Crippen LogP contribution in [0.2, 0.25) is 0 Å². The Bertz CT molecular complexity index is 774. The van der Waals surface area contributed by atoms with E-state index in [-0.39, 0.29) is 11.9 Å². The molecule has 0 unspecified atom stereocenters. The molecule has 3 amide bonds. The lowest BCUT2D eigenvalue weighted by atomic mass is 10.3. The highest BCUT2D eigenvalue weighted by Gasteiger charge is 2.21. The van der Waals surface area contributed by atoms with Crippen LogP contribution in [0.25, 0.3) is 0 Å². The molecule has 0 atom stereocenters. The number of nitrogens with zero attached hydrogens (tertiary/aromatic N) is 2. The molecule has 1 fully saturated rings. The molecule has 3 rings (SSSR count). The molecule has 28 heavy (non-hydrogen) atoms. The van der Waals surface area contributed by atoms with Gasteiger partial charge in [0.2, 0.25) is 0 Å². The normalized spacial score (nSPS) is 14.5. The first-order chi connectivity index (χ1) is 13.7. The first-order valence-corrected chi connectivity index (χ1v) is 10.4. The highest BCUT2D eigenvalue weighted by atomic mass is 32.1. The number of hydrogen-bond acceptors (Lipinski definition) is 5. The second kappa shape index (κ2) is 10.1. The van der Waals surface area contributed by atoms with Gasteiger partial charge in [0.25, 0.3) is 5.91 Å². The Balaban J connectivity index is 1.40. The third kappa shape index (κ3) is 5.46. The summed E-state index contributed by atoms with van der Waals surface area (Å²) < 4.78 is 5.56. The molecule has 0 spiro atoms. The predicted octanol–water partition coefficient (Wildman–Crippen LogP) is 2.73. The first kappa shape index (κ1) is 20.2. The number of para-hydroxylation sites is 2. The van der Waals surface area contributed by atoms with Gasteiger partial charge in [0.15, 0.2) is 0 Å². The van der Waals surface area contributed by atoms with Crippen molar-refractivity contribution >= 4 is 29.0 Å². The molecule has 0 aliphatic carbocycles. The van der Waals surface area contributed by atoms with E-state index in [0.717, 1.165) is 24.5 Å². The Labute approximate surface area is 169 Å². The molecule has 1 aliphatic heterocycles. The Hall–Kier alpha value is -2.58. The van der Waals surface area contributed by atoms with E-state index in [9.17, 15) is 9.59 Å². The number of nitrogens with one attached hydrogen (secondary N) is 2. The summed E-state index contributed by atoms with van der Waals surface area (Å²) in [6.45, 7) is 6.73. The third-order valence-corrected chi connectivity index (χ3v) is 5.42. The summed E-state index contributed by atoms with van der Waals surface area (Å²) in [4.78, 5) is 29.3. The van der Waals surface area contributed by atoms with E-state index in [0.29, 0.717) is 37.7 Å². The van der Waals surface area contributed by atoms with Gasteiger partial charge in [0.1, 0.15) is 5.75 Å². The van der Waals surface area contributed by atoms with Crippen LogP contribution in [0, 0.1) is 0 Å². The predicted molar refractivity (Wildman–Crippen MR) is 111 cm³/mol. The summed E-state index contributed by atoms with van der Waals surface area (Å²) in [5.41, 5.74) is 0.688. The van der Waals surface area contributed by atoms with Gasteiger partial charge in [-0.25, -0.2) is 4.79 Å². The SMILES string of the molecule is CCOc1ccccc1NC(=O)N1CCN(CCNC(=O)c2cccs2)CC1. The molecule has 2 heterocycles. The van der Waals surface area contributed by atoms with E-state index in [1.807, 2.05) is 53.6 Å². The minimum absolute atomic E-state index is 0.0269. The van der Waals surface area contributed by atoms with Crippen LogP contribution in [-0.4, -0.2) is 67.6 Å². The zero-order chi connectivity index (χ0) is 19.8.